The normalized spacial score (nSPS) is 11.3. The third-order valence-corrected chi connectivity index (χ3v) is 6.46. The second kappa shape index (κ2) is 9.90. The van der Waals surface area contributed by atoms with E-state index in [1.807, 2.05) is 50.0 Å². The van der Waals surface area contributed by atoms with E-state index in [0.29, 0.717) is 5.75 Å². The van der Waals surface area contributed by atoms with Crippen molar-refractivity contribution in [3.63, 3.8) is 0 Å². The fourth-order valence-corrected chi connectivity index (χ4v) is 4.56. The fourth-order valence-electron chi connectivity index (χ4n) is 3.85. The minimum absolute atomic E-state index is 0.113. The maximum atomic E-state index is 13.1. The molecule has 12 heteroatoms. The van der Waals surface area contributed by atoms with Crippen LogP contribution in [0.1, 0.15) is 16.7 Å². The first kappa shape index (κ1) is 24.5. The van der Waals surface area contributed by atoms with Gasteiger partial charge < -0.3 is 9.47 Å². The maximum absolute atomic E-state index is 13.1. The maximum Gasteiger partial charge on any atom is 0.387 e. The number of thioether (sulfide) groups is 1. The van der Waals surface area contributed by atoms with Gasteiger partial charge in [-0.25, -0.2) is 4.79 Å². The summed E-state index contributed by atoms with van der Waals surface area (Å²) in [6, 6.07) is 10.1. The van der Waals surface area contributed by atoms with Crippen molar-refractivity contribution in [3.8, 4) is 28.4 Å². The van der Waals surface area contributed by atoms with Crippen LogP contribution in [0.4, 0.5) is 8.78 Å². The van der Waals surface area contributed by atoms with Gasteiger partial charge in [-0.1, -0.05) is 6.07 Å². The molecule has 2 aromatic heterocycles. The van der Waals surface area contributed by atoms with E-state index in [1.165, 1.54) is 19.2 Å². The molecule has 0 saturated heterocycles. The van der Waals surface area contributed by atoms with Crippen LogP contribution in [0, 0.1) is 13.8 Å². The molecule has 2 heterocycles. The summed E-state index contributed by atoms with van der Waals surface area (Å²) in [7, 11) is 3.35. The highest BCUT2D eigenvalue weighted by Gasteiger charge is 2.19. The zero-order chi connectivity index (χ0) is 25.3. The number of nitrogens with zero attached hydrogens (tertiary/aromatic N) is 6. The molecule has 0 atom stereocenters. The van der Waals surface area contributed by atoms with E-state index < -0.39 is 12.3 Å². The lowest BCUT2D eigenvalue weighted by atomic mass is 10.1. The Morgan fingerprint density at radius 3 is 2.43 bits per heavy atom. The summed E-state index contributed by atoms with van der Waals surface area (Å²) in [5.74, 6) is 0.440. The first-order chi connectivity index (χ1) is 16.7. The number of alkyl halides is 2. The van der Waals surface area contributed by atoms with Crippen LogP contribution in [0.15, 0.2) is 46.2 Å². The Balaban J connectivity index is 1.66. The molecule has 2 aromatic carbocycles. The first-order valence-corrected chi connectivity index (χ1v) is 11.8. The van der Waals surface area contributed by atoms with Crippen LogP contribution in [-0.2, 0) is 20.7 Å². The smallest absolute Gasteiger partial charge is 0.387 e. The Hall–Kier alpha value is -3.67. The minimum Gasteiger partial charge on any atom is -0.488 e. The molecule has 0 aliphatic heterocycles. The summed E-state index contributed by atoms with van der Waals surface area (Å²) in [6.45, 7) is 0.739. The number of ether oxygens (including phenoxy) is 2. The molecule has 9 nitrogen and oxygen atoms in total. The zero-order valence-electron chi connectivity index (χ0n) is 19.8. The van der Waals surface area contributed by atoms with Gasteiger partial charge in [0.05, 0.1) is 22.0 Å². The highest BCUT2D eigenvalue weighted by Crippen LogP contribution is 2.33. The van der Waals surface area contributed by atoms with Crippen molar-refractivity contribution in [2.45, 2.75) is 32.1 Å². The molecule has 0 unspecified atom stereocenters. The summed E-state index contributed by atoms with van der Waals surface area (Å²) in [6.07, 6.45) is 2.01. The van der Waals surface area contributed by atoms with Gasteiger partial charge in [-0.2, -0.15) is 23.2 Å². The lowest BCUT2D eigenvalue weighted by Gasteiger charge is -2.16. The van der Waals surface area contributed by atoms with Crippen LogP contribution < -0.4 is 15.2 Å². The Morgan fingerprint density at radius 1 is 1.06 bits per heavy atom. The van der Waals surface area contributed by atoms with Crippen LogP contribution >= 0.6 is 11.8 Å². The Labute approximate surface area is 204 Å². The lowest BCUT2D eigenvalue weighted by molar-refractivity contribution is -0.0508. The molecule has 0 saturated carbocycles. The van der Waals surface area contributed by atoms with Gasteiger partial charge in [-0.15, -0.1) is 11.8 Å². The lowest BCUT2D eigenvalue weighted by Crippen LogP contribution is -2.23. The molecule has 0 bridgehead atoms. The van der Waals surface area contributed by atoms with Crippen LogP contribution in [0.5, 0.6) is 11.5 Å². The second-order valence-corrected chi connectivity index (χ2v) is 8.60. The van der Waals surface area contributed by atoms with Gasteiger partial charge in [-0.3, -0.25) is 4.68 Å². The average Bonchev–Trinajstić information content (AvgIpc) is 3.30. The summed E-state index contributed by atoms with van der Waals surface area (Å²) in [4.78, 5) is 12.4. The minimum atomic E-state index is -3.05. The average molecular weight is 503 g/mol. The first-order valence-electron chi connectivity index (χ1n) is 10.6. The molecule has 4 rings (SSSR count). The van der Waals surface area contributed by atoms with E-state index in [-0.39, 0.29) is 23.6 Å². The van der Waals surface area contributed by atoms with Gasteiger partial charge in [0.25, 0.3) is 0 Å². The summed E-state index contributed by atoms with van der Waals surface area (Å²) in [5.41, 5.74) is 3.70. The largest absolute Gasteiger partial charge is 0.488 e. The van der Waals surface area contributed by atoms with Crippen LogP contribution in [0.3, 0.4) is 0 Å². The molecular formula is C23H24F2N6O3S. The van der Waals surface area contributed by atoms with E-state index in [2.05, 4.69) is 15.5 Å². The molecule has 35 heavy (non-hydrogen) atoms. The molecule has 0 aliphatic rings. The number of hydrogen-bond donors (Lipinski definition) is 0. The van der Waals surface area contributed by atoms with Crippen molar-refractivity contribution in [2.24, 2.45) is 14.1 Å². The predicted molar refractivity (Wildman–Crippen MR) is 127 cm³/mol. The molecule has 0 N–H and O–H groups in total. The van der Waals surface area contributed by atoms with Crippen molar-refractivity contribution in [3.05, 3.63) is 63.6 Å². The van der Waals surface area contributed by atoms with Crippen molar-refractivity contribution in [1.29, 1.82) is 0 Å². The third kappa shape index (κ3) is 4.78. The van der Waals surface area contributed by atoms with Gasteiger partial charge in [-0.05, 0) is 66.4 Å². The second-order valence-electron chi connectivity index (χ2n) is 7.80. The van der Waals surface area contributed by atoms with Crippen LogP contribution in [0.2, 0.25) is 0 Å². The monoisotopic (exact) mass is 502 g/mol. The molecule has 0 radical (unpaired) electrons. The van der Waals surface area contributed by atoms with Gasteiger partial charge in [0, 0.05) is 25.2 Å². The van der Waals surface area contributed by atoms with Gasteiger partial charge in [0.1, 0.15) is 18.1 Å². The van der Waals surface area contributed by atoms with Gasteiger partial charge in [0.2, 0.25) is 0 Å². The fraction of sp³-hybridized carbons (Fsp3) is 0.304. The summed E-state index contributed by atoms with van der Waals surface area (Å²) >= 11 is 1.63. The molecule has 184 valence electrons. The predicted octanol–water partition coefficient (Wildman–Crippen LogP) is 3.89. The highest BCUT2D eigenvalue weighted by atomic mass is 32.2. The number of tetrazole rings is 1. The molecule has 0 aliphatic carbocycles. The Kier molecular flexibility index (Phi) is 6.92. The van der Waals surface area contributed by atoms with E-state index in [4.69, 9.17) is 9.47 Å². The van der Waals surface area contributed by atoms with Crippen LogP contribution in [0.25, 0.3) is 16.9 Å². The van der Waals surface area contributed by atoms with Crippen LogP contribution in [-0.4, -0.2) is 42.4 Å². The SMILES string of the molecule is CSc1c(C)c(-c2ccc(OCc3c(OC(F)F)cccc3-n3nnn(C)c3=O)c(C)c2)nn1C. The quantitative estimate of drug-likeness (QED) is 0.338. The number of rotatable bonds is 8. The van der Waals surface area contributed by atoms with E-state index in [0.717, 1.165) is 36.8 Å². The summed E-state index contributed by atoms with van der Waals surface area (Å²) in [5, 5.41) is 13.2. The molecule has 0 fully saturated rings. The topological polar surface area (TPSA) is 89.0 Å². The van der Waals surface area contributed by atoms with E-state index in [9.17, 15) is 13.6 Å². The van der Waals surface area contributed by atoms with Gasteiger partial charge in [0.15, 0.2) is 0 Å². The standard InChI is InChI=1S/C23H24F2N6O3S/c1-13-11-15(20-14(2)21(35-5)29(3)26-20)9-10-18(13)33-12-16-17(31-23(32)30(4)27-28-31)7-6-8-19(16)34-22(24)25/h6-11,22H,12H2,1-5H3. The number of aryl methyl sites for hydroxylation is 3. The molecular weight excluding hydrogens is 478 g/mol. The third-order valence-electron chi connectivity index (χ3n) is 5.51. The number of aromatic nitrogens is 6. The van der Waals surface area contributed by atoms with Crippen molar-refractivity contribution in [1.82, 2.24) is 29.6 Å². The number of halogens is 2. The van der Waals surface area contributed by atoms with Gasteiger partial charge >= 0.3 is 12.3 Å². The zero-order valence-corrected chi connectivity index (χ0v) is 20.6. The molecule has 0 amide bonds. The highest BCUT2D eigenvalue weighted by molar-refractivity contribution is 7.98. The molecule has 4 aromatic rings. The van der Waals surface area contributed by atoms with E-state index >= 15 is 0 Å². The number of benzene rings is 2. The number of hydrogen-bond acceptors (Lipinski definition) is 7. The Morgan fingerprint density at radius 2 is 1.83 bits per heavy atom. The van der Waals surface area contributed by atoms with Crippen molar-refractivity contribution in [2.75, 3.05) is 6.26 Å². The summed E-state index contributed by atoms with van der Waals surface area (Å²) < 4.78 is 40.7. The Bertz CT molecular complexity index is 1430. The van der Waals surface area contributed by atoms with Crippen molar-refractivity contribution >= 4 is 11.8 Å². The van der Waals surface area contributed by atoms with Crippen molar-refractivity contribution < 1.29 is 18.3 Å². The molecule has 0 spiro atoms. The van der Waals surface area contributed by atoms with E-state index in [1.54, 1.807) is 17.8 Å².